The van der Waals surface area contributed by atoms with Gasteiger partial charge in [0, 0.05) is 26.3 Å². The molecular formula is C42H44Br2N2O2S2. The number of halogens is 2. The van der Waals surface area contributed by atoms with E-state index in [0.29, 0.717) is 13.2 Å². The van der Waals surface area contributed by atoms with Crippen molar-refractivity contribution in [2.45, 2.75) is 90.9 Å². The number of hydrogen-bond donors (Lipinski definition) is 0. The Labute approximate surface area is 320 Å². The molecule has 3 aromatic carbocycles. The lowest BCUT2D eigenvalue weighted by Crippen LogP contribution is -2.07. The second-order valence-corrected chi connectivity index (χ2v) is 18.1. The molecule has 0 amide bonds. The fourth-order valence-electron chi connectivity index (χ4n) is 7.08. The largest absolute Gasteiger partial charge is 0.489 e. The van der Waals surface area contributed by atoms with Crippen LogP contribution in [0.1, 0.15) is 90.9 Å². The van der Waals surface area contributed by atoms with Crippen LogP contribution in [0.15, 0.2) is 68.2 Å². The van der Waals surface area contributed by atoms with Crippen LogP contribution >= 0.6 is 54.5 Å². The molecule has 0 spiro atoms. The highest BCUT2D eigenvalue weighted by atomic mass is 79.9. The standard InChI is InChI=1S/C42H44Br2N2O2S2/c1-3-5-7-9-11-13-25-47-41-35(30-21-23-32(43)49-30)39-40(46-38-29-20-16-18-27-17-15-19-28(34(27)29)37(38)45-39)36(31-22-24-33(44)50-31)42(41)48-26-14-12-10-8-6-4-2/h15-24H,3-14,25-26H2,1-2H3. The molecule has 260 valence electrons. The lowest BCUT2D eigenvalue weighted by molar-refractivity contribution is 0.260. The second-order valence-electron chi connectivity index (χ2n) is 13.2. The molecule has 0 saturated heterocycles. The highest BCUT2D eigenvalue weighted by molar-refractivity contribution is 9.11. The van der Waals surface area contributed by atoms with Gasteiger partial charge in [0.05, 0.1) is 43.3 Å². The Kier molecular flexibility index (Phi) is 11.9. The summed E-state index contributed by atoms with van der Waals surface area (Å²) in [4.78, 5) is 13.3. The number of aromatic nitrogens is 2. The number of rotatable bonds is 18. The normalized spacial score (nSPS) is 11.9. The van der Waals surface area contributed by atoms with Gasteiger partial charge in [-0.15, -0.1) is 22.7 Å². The van der Waals surface area contributed by atoms with Crippen molar-refractivity contribution in [3.63, 3.8) is 0 Å². The van der Waals surface area contributed by atoms with Gasteiger partial charge >= 0.3 is 0 Å². The Bertz CT molecular complexity index is 1960. The van der Waals surface area contributed by atoms with Crippen LogP contribution in [0.2, 0.25) is 0 Å². The minimum Gasteiger partial charge on any atom is -0.489 e. The van der Waals surface area contributed by atoms with Gasteiger partial charge in [0.1, 0.15) is 11.0 Å². The van der Waals surface area contributed by atoms with Gasteiger partial charge in [-0.1, -0.05) is 114 Å². The molecule has 0 fully saturated rings. The van der Waals surface area contributed by atoms with Crippen LogP contribution in [0.25, 0.3) is 65.2 Å². The first kappa shape index (κ1) is 35.6. The van der Waals surface area contributed by atoms with Gasteiger partial charge in [-0.25, -0.2) is 9.97 Å². The molecule has 6 aromatic rings. The molecule has 0 unspecified atom stereocenters. The number of ether oxygens (including phenoxy) is 2. The maximum Gasteiger partial charge on any atom is 0.172 e. The third-order valence-corrected chi connectivity index (χ3v) is 12.9. The minimum atomic E-state index is 0.626. The molecule has 0 bridgehead atoms. The predicted molar refractivity (Wildman–Crippen MR) is 221 cm³/mol. The van der Waals surface area contributed by atoms with Crippen molar-refractivity contribution in [1.29, 1.82) is 0 Å². The summed E-state index contributed by atoms with van der Waals surface area (Å²) in [6.45, 7) is 5.78. The zero-order valence-corrected chi connectivity index (χ0v) is 33.8. The topological polar surface area (TPSA) is 44.2 Å². The number of nitrogens with zero attached hydrogens (tertiary/aromatic N) is 2. The highest BCUT2D eigenvalue weighted by Crippen LogP contribution is 2.55. The van der Waals surface area contributed by atoms with Crippen LogP contribution < -0.4 is 9.47 Å². The fraction of sp³-hybridized carbons (Fsp3) is 0.381. The Balaban J connectivity index is 1.42. The van der Waals surface area contributed by atoms with Gasteiger partial charge in [-0.3, -0.25) is 0 Å². The Morgan fingerprint density at radius 1 is 0.540 bits per heavy atom. The van der Waals surface area contributed by atoms with Gasteiger partial charge in [0.25, 0.3) is 0 Å². The quantitative estimate of drug-likeness (QED) is 0.0808. The molecule has 3 aromatic heterocycles. The minimum absolute atomic E-state index is 0.626. The van der Waals surface area contributed by atoms with Crippen LogP contribution in [-0.2, 0) is 0 Å². The summed E-state index contributed by atoms with van der Waals surface area (Å²) in [6, 6.07) is 21.6. The molecule has 7 rings (SSSR count). The van der Waals surface area contributed by atoms with E-state index in [1.165, 1.54) is 62.1 Å². The van der Waals surface area contributed by atoms with Crippen molar-refractivity contribution in [1.82, 2.24) is 9.97 Å². The van der Waals surface area contributed by atoms with E-state index in [2.05, 4.69) is 106 Å². The number of fused-ring (bicyclic) bond motifs is 4. The molecule has 0 atom stereocenters. The van der Waals surface area contributed by atoms with Crippen LogP contribution in [0, 0.1) is 0 Å². The van der Waals surface area contributed by atoms with E-state index in [1.54, 1.807) is 22.7 Å². The maximum absolute atomic E-state index is 6.96. The average molecular weight is 833 g/mol. The van der Waals surface area contributed by atoms with Crippen molar-refractivity contribution in [2.24, 2.45) is 0 Å². The smallest absolute Gasteiger partial charge is 0.172 e. The van der Waals surface area contributed by atoms with Crippen molar-refractivity contribution >= 4 is 76.3 Å². The molecule has 4 nitrogen and oxygen atoms in total. The van der Waals surface area contributed by atoms with Gasteiger partial charge < -0.3 is 9.47 Å². The molecule has 1 aliphatic rings. The first-order valence-electron chi connectivity index (χ1n) is 18.3. The summed E-state index contributed by atoms with van der Waals surface area (Å²) in [5.41, 5.74) is 7.79. The summed E-state index contributed by atoms with van der Waals surface area (Å²) >= 11 is 10.9. The lowest BCUT2D eigenvalue weighted by atomic mass is 10.0. The van der Waals surface area contributed by atoms with Crippen molar-refractivity contribution in [3.8, 4) is 54.9 Å². The van der Waals surface area contributed by atoms with Crippen LogP contribution in [-0.4, -0.2) is 23.2 Å². The van der Waals surface area contributed by atoms with E-state index in [9.17, 15) is 0 Å². The second kappa shape index (κ2) is 16.7. The number of thiophene rings is 2. The zero-order valence-electron chi connectivity index (χ0n) is 29.0. The molecule has 0 aliphatic heterocycles. The monoisotopic (exact) mass is 830 g/mol. The van der Waals surface area contributed by atoms with E-state index >= 15 is 0 Å². The highest BCUT2D eigenvalue weighted by Gasteiger charge is 2.32. The Morgan fingerprint density at radius 3 is 1.40 bits per heavy atom. The summed E-state index contributed by atoms with van der Waals surface area (Å²) in [5, 5.41) is 2.43. The summed E-state index contributed by atoms with van der Waals surface area (Å²) in [7, 11) is 0. The summed E-state index contributed by atoms with van der Waals surface area (Å²) in [6.07, 6.45) is 14.4. The third-order valence-electron chi connectivity index (χ3n) is 9.57. The molecule has 1 aliphatic carbocycles. The number of benzene rings is 3. The van der Waals surface area contributed by atoms with E-state index in [4.69, 9.17) is 19.4 Å². The molecule has 3 heterocycles. The molecule has 0 radical (unpaired) electrons. The first-order chi connectivity index (χ1) is 24.6. The zero-order chi connectivity index (χ0) is 34.5. The third kappa shape index (κ3) is 7.41. The van der Waals surface area contributed by atoms with Crippen molar-refractivity contribution in [3.05, 3.63) is 68.2 Å². The molecule has 8 heteroatoms. The summed E-state index contributed by atoms with van der Waals surface area (Å²) < 4.78 is 16.0. The summed E-state index contributed by atoms with van der Waals surface area (Å²) in [5.74, 6) is 1.57. The molecule has 0 saturated carbocycles. The van der Waals surface area contributed by atoms with Gasteiger partial charge in [-0.2, -0.15) is 0 Å². The Hall–Kier alpha value is -2.78. The average Bonchev–Trinajstić information content (AvgIpc) is 3.84. The van der Waals surface area contributed by atoms with Gasteiger partial charge in [-0.05, 0) is 74.4 Å². The van der Waals surface area contributed by atoms with E-state index in [1.807, 2.05) is 0 Å². The predicted octanol–water partition coefficient (Wildman–Crippen LogP) is 14.9. The molecule has 50 heavy (non-hydrogen) atoms. The number of hydrogen-bond acceptors (Lipinski definition) is 6. The molecule has 0 N–H and O–H groups in total. The van der Waals surface area contributed by atoms with Crippen LogP contribution in [0.5, 0.6) is 11.5 Å². The lowest BCUT2D eigenvalue weighted by Gasteiger charge is -2.22. The van der Waals surface area contributed by atoms with Crippen molar-refractivity contribution in [2.75, 3.05) is 13.2 Å². The van der Waals surface area contributed by atoms with Gasteiger partial charge in [0.15, 0.2) is 11.5 Å². The van der Waals surface area contributed by atoms with E-state index in [-0.39, 0.29) is 0 Å². The maximum atomic E-state index is 6.96. The van der Waals surface area contributed by atoms with Crippen LogP contribution in [0.4, 0.5) is 0 Å². The van der Waals surface area contributed by atoms with E-state index < -0.39 is 0 Å². The SMILES string of the molecule is CCCCCCCCOc1c(OCCCCCCCC)c(-c2ccc(Br)s2)c2nc3c(nc2c1-c1ccc(Br)s1)-c1cccc2cccc-3c12. The van der Waals surface area contributed by atoms with Gasteiger partial charge in [0.2, 0.25) is 0 Å². The molecular weight excluding hydrogens is 788 g/mol. The van der Waals surface area contributed by atoms with Crippen LogP contribution in [0.3, 0.4) is 0 Å². The number of unbranched alkanes of at least 4 members (excludes halogenated alkanes) is 10. The Morgan fingerprint density at radius 2 is 0.980 bits per heavy atom. The van der Waals surface area contributed by atoms with Crippen molar-refractivity contribution < 1.29 is 9.47 Å². The van der Waals surface area contributed by atoms with E-state index in [0.717, 1.165) is 99.2 Å². The fourth-order valence-corrected chi connectivity index (χ4v) is 9.94. The first-order valence-corrected chi connectivity index (χ1v) is 21.5.